The summed E-state index contributed by atoms with van der Waals surface area (Å²) in [6, 6.07) is 0. The van der Waals surface area contributed by atoms with E-state index in [9.17, 15) is 4.79 Å². The smallest absolute Gasteiger partial charge is 0.225 e. The van der Waals surface area contributed by atoms with Crippen LogP contribution in [0.2, 0.25) is 0 Å². The summed E-state index contributed by atoms with van der Waals surface area (Å²) in [5.74, 6) is 1.72. The summed E-state index contributed by atoms with van der Waals surface area (Å²) in [5, 5.41) is 3.12. The highest BCUT2D eigenvalue weighted by molar-refractivity contribution is 5.81. The van der Waals surface area contributed by atoms with E-state index >= 15 is 0 Å². The van der Waals surface area contributed by atoms with E-state index in [-0.39, 0.29) is 17.6 Å². The van der Waals surface area contributed by atoms with Crippen LogP contribution in [0.25, 0.3) is 0 Å². The number of rotatable bonds is 0. The Kier molecular flexibility index (Phi) is 1.95. The minimum absolute atomic E-state index is 0.100. The Morgan fingerprint density at radius 3 is 2.94 bits per heavy atom. The molecule has 2 aliphatic heterocycles. The molecule has 3 aliphatic carbocycles. The molecule has 1 amide bonds. The Bertz CT molecular complexity index is 444. The van der Waals surface area contributed by atoms with E-state index in [1.807, 2.05) is 6.92 Å². The Hall–Kier alpha value is -0.830. The van der Waals surface area contributed by atoms with Gasteiger partial charge in [-0.25, -0.2) is 0 Å². The van der Waals surface area contributed by atoms with Gasteiger partial charge in [-0.05, 0) is 31.1 Å². The highest BCUT2D eigenvalue weighted by Gasteiger charge is 2.66. The SMILES string of the molecule is C=C1CC[C@H]2C[C@@H]1[C@@]21CO[C@@]2(C[C@H](C)C(=O)N2)C1. The van der Waals surface area contributed by atoms with E-state index in [1.165, 1.54) is 24.8 Å². The lowest BCUT2D eigenvalue weighted by Crippen LogP contribution is -2.54. The van der Waals surface area contributed by atoms with Gasteiger partial charge in [0.25, 0.3) is 0 Å². The number of carbonyl (C=O) groups excluding carboxylic acids is 1. The highest BCUT2D eigenvalue weighted by Crippen LogP contribution is 2.67. The molecule has 5 aliphatic rings. The van der Waals surface area contributed by atoms with Crippen molar-refractivity contribution >= 4 is 5.91 Å². The summed E-state index contributed by atoms with van der Waals surface area (Å²) in [6.07, 6.45) is 5.65. The molecule has 0 aromatic heterocycles. The number of ether oxygens (including phenoxy) is 1. The van der Waals surface area contributed by atoms with E-state index < -0.39 is 0 Å². The van der Waals surface area contributed by atoms with Crippen LogP contribution >= 0.6 is 0 Å². The third-order valence-corrected chi connectivity index (χ3v) is 6.00. The summed E-state index contributed by atoms with van der Waals surface area (Å²) >= 11 is 0. The standard InChI is InChI=1S/C15H21NO2/c1-9-3-4-11-5-12(9)14(11)7-15(18-8-14)6-10(2)13(17)16-15/h10-12H,1,3-8H2,2H3,(H,16,17)/t10-,11-,12-,14-,15-/m0/s1. The number of hydrogen-bond donors (Lipinski definition) is 1. The van der Waals surface area contributed by atoms with Crippen molar-refractivity contribution in [1.82, 2.24) is 5.32 Å². The zero-order valence-corrected chi connectivity index (χ0v) is 11.0. The average Bonchev–Trinajstić information content (AvgIpc) is 2.82. The van der Waals surface area contributed by atoms with E-state index in [1.54, 1.807) is 0 Å². The number of carbonyl (C=O) groups is 1. The molecule has 3 heteroatoms. The second-order valence-electron chi connectivity index (χ2n) is 6.97. The molecule has 3 nitrogen and oxygen atoms in total. The summed E-state index contributed by atoms with van der Waals surface area (Å²) in [4.78, 5) is 11.8. The van der Waals surface area contributed by atoms with Gasteiger partial charge in [0.1, 0.15) is 5.72 Å². The molecule has 18 heavy (non-hydrogen) atoms. The van der Waals surface area contributed by atoms with Gasteiger partial charge >= 0.3 is 0 Å². The van der Waals surface area contributed by atoms with Gasteiger partial charge in [0, 0.05) is 24.2 Å². The van der Waals surface area contributed by atoms with Crippen LogP contribution in [0.1, 0.15) is 39.0 Å². The van der Waals surface area contributed by atoms with Crippen LogP contribution in [-0.2, 0) is 9.53 Å². The lowest BCUT2D eigenvalue weighted by atomic mass is 9.45. The Balaban J connectivity index is 1.61. The predicted molar refractivity (Wildman–Crippen MR) is 67.6 cm³/mol. The highest BCUT2D eigenvalue weighted by atomic mass is 16.5. The van der Waals surface area contributed by atoms with Crippen molar-refractivity contribution in [2.45, 2.75) is 44.8 Å². The van der Waals surface area contributed by atoms with E-state index in [0.29, 0.717) is 11.3 Å². The van der Waals surface area contributed by atoms with E-state index in [0.717, 1.165) is 25.4 Å². The summed E-state index contributed by atoms with van der Waals surface area (Å²) in [6.45, 7) is 7.08. The third kappa shape index (κ3) is 1.16. The first kappa shape index (κ1) is 11.0. The fraction of sp³-hybridized carbons (Fsp3) is 0.800. The van der Waals surface area contributed by atoms with Gasteiger partial charge in [-0.15, -0.1) is 0 Å². The molecule has 2 spiro atoms. The molecule has 98 valence electrons. The van der Waals surface area contributed by atoms with Gasteiger partial charge in [-0.2, -0.15) is 0 Å². The number of allylic oxidation sites excluding steroid dienone is 1. The van der Waals surface area contributed by atoms with Crippen LogP contribution in [0.5, 0.6) is 0 Å². The lowest BCUT2D eigenvalue weighted by molar-refractivity contribution is -0.124. The van der Waals surface area contributed by atoms with Crippen molar-refractivity contribution in [3.05, 3.63) is 12.2 Å². The molecule has 2 heterocycles. The zero-order valence-electron chi connectivity index (χ0n) is 11.0. The van der Waals surface area contributed by atoms with Gasteiger partial charge in [0.2, 0.25) is 5.91 Å². The topological polar surface area (TPSA) is 38.3 Å². The van der Waals surface area contributed by atoms with Gasteiger partial charge in [-0.1, -0.05) is 19.1 Å². The maximum atomic E-state index is 11.8. The zero-order chi connectivity index (χ0) is 12.5. The van der Waals surface area contributed by atoms with E-state index in [4.69, 9.17) is 4.74 Å². The molecule has 0 radical (unpaired) electrons. The molecule has 5 rings (SSSR count). The Labute approximate surface area is 108 Å². The lowest BCUT2D eigenvalue weighted by Gasteiger charge is -2.58. The van der Waals surface area contributed by atoms with Gasteiger partial charge in [0.15, 0.2) is 0 Å². The minimum atomic E-state index is -0.342. The minimum Gasteiger partial charge on any atom is -0.355 e. The predicted octanol–water partition coefficient (Wildman–Crippen LogP) is 2.23. The Morgan fingerprint density at radius 1 is 1.50 bits per heavy atom. The molecular formula is C15H21NO2. The first-order valence-electron chi connectivity index (χ1n) is 7.18. The molecule has 5 fully saturated rings. The summed E-state index contributed by atoms with van der Waals surface area (Å²) < 4.78 is 6.11. The van der Waals surface area contributed by atoms with Crippen LogP contribution in [0, 0.1) is 23.2 Å². The number of amides is 1. The fourth-order valence-corrected chi connectivity index (χ4v) is 4.98. The van der Waals surface area contributed by atoms with Crippen molar-refractivity contribution < 1.29 is 9.53 Å². The molecular weight excluding hydrogens is 226 g/mol. The average molecular weight is 247 g/mol. The Morgan fingerprint density at radius 2 is 2.33 bits per heavy atom. The molecule has 3 saturated carbocycles. The molecule has 0 aromatic rings. The molecule has 5 atom stereocenters. The molecule has 0 unspecified atom stereocenters. The quantitative estimate of drug-likeness (QED) is 0.667. The molecule has 0 aromatic carbocycles. The van der Waals surface area contributed by atoms with Crippen LogP contribution in [0.15, 0.2) is 12.2 Å². The van der Waals surface area contributed by atoms with Gasteiger partial charge in [0.05, 0.1) is 6.61 Å². The monoisotopic (exact) mass is 247 g/mol. The van der Waals surface area contributed by atoms with Crippen LogP contribution in [-0.4, -0.2) is 18.2 Å². The van der Waals surface area contributed by atoms with Crippen molar-refractivity contribution in [3.63, 3.8) is 0 Å². The van der Waals surface area contributed by atoms with Crippen LogP contribution in [0.3, 0.4) is 0 Å². The second-order valence-corrected chi connectivity index (χ2v) is 6.97. The van der Waals surface area contributed by atoms with Crippen molar-refractivity contribution in [3.8, 4) is 0 Å². The van der Waals surface area contributed by atoms with Crippen molar-refractivity contribution in [2.75, 3.05) is 6.61 Å². The maximum Gasteiger partial charge on any atom is 0.225 e. The number of fused-ring (bicyclic) bond motifs is 2. The second kappa shape index (κ2) is 3.19. The fourth-order valence-electron chi connectivity index (χ4n) is 4.98. The van der Waals surface area contributed by atoms with Gasteiger partial charge < -0.3 is 10.1 Å². The maximum absolute atomic E-state index is 11.8. The summed E-state index contributed by atoms with van der Waals surface area (Å²) in [5.41, 5.74) is 1.40. The van der Waals surface area contributed by atoms with Gasteiger partial charge in [-0.3, -0.25) is 4.79 Å². The molecule has 2 saturated heterocycles. The first-order valence-corrected chi connectivity index (χ1v) is 7.18. The van der Waals surface area contributed by atoms with Crippen LogP contribution in [0.4, 0.5) is 0 Å². The van der Waals surface area contributed by atoms with Crippen molar-refractivity contribution in [1.29, 1.82) is 0 Å². The summed E-state index contributed by atoms with van der Waals surface area (Å²) in [7, 11) is 0. The number of nitrogens with one attached hydrogen (secondary N) is 1. The number of hydrogen-bond acceptors (Lipinski definition) is 2. The first-order chi connectivity index (χ1) is 8.55. The normalized spacial score (nSPS) is 53.9. The van der Waals surface area contributed by atoms with Crippen LogP contribution < -0.4 is 5.32 Å². The molecule has 1 N–H and O–H groups in total. The van der Waals surface area contributed by atoms with E-state index in [2.05, 4.69) is 11.9 Å². The van der Waals surface area contributed by atoms with Crippen molar-refractivity contribution in [2.24, 2.45) is 23.2 Å². The largest absolute Gasteiger partial charge is 0.355 e. The molecule has 2 bridgehead atoms. The third-order valence-electron chi connectivity index (χ3n) is 6.00.